The van der Waals surface area contributed by atoms with Gasteiger partial charge in [0, 0.05) is 30.0 Å². The number of quaternary nitrogens is 1. The van der Waals surface area contributed by atoms with Crippen LogP contribution in [0.25, 0.3) is 0 Å². The van der Waals surface area contributed by atoms with E-state index >= 15 is 0 Å². The van der Waals surface area contributed by atoms with Crippen LogP contribution >= 0.6 is 0 Å². The number of carbonyl (C=O) groups is 1. The first-order valence-corrected chi connectivity index (χ1v) is 9.18. The number of amides is 1. The highest BCUT2D eigenvalue weighted by atomic mass is 16.7. The highest BCUT2D eigenvalue weighted by molar-refractivity contribution is 5.99. The van der Waals surface area contributed by atoms with Gasteiger partial charge in [0.1, 0.15) is 7.11 Å². The Bertz CT molecular complexity index is 821. The fourth-order valence-electron chi connectivity index (χ4n) is 3.32. The van der Waals surface area contributed by atoms with Crippen molar-refractivity contribution in [1.29, 1.82) is 0 Å². The van der Waals surface area contributed by atoms with Crippen molar-refractivity contribution in [3.8, 4) is 0 Å². The smallest absolute Gasteiger partial charge is 0.403 e. The Hall–Kier alpha value is -2.64. The zero-order valence-corrected chi connectivity index (χ0v) is 16.1. The quantitative estimate of drug-likeness (QED) is 0.483. The van der Waals surface area contributed by atoms with Crippen molar-refractivity contribution >= 4 is 23.2 Å². The molecule has 27 heavy (non-hydrogen) atoms. The van der Waals surface area contributed by atoms with Crippen molar-refractivity contribution < 1.29 is 29.8 Å². The second kappa shape index (κ2) is 8.37. The van der Waals surface area contributed by atoms with Crippen molar-refractivity contribution in [1.82, 2.24) is 4.90 Å². The van der Waals surface area contributed by atoms with E-state index in [4.69, 9.17) is 9.57 Å². The Kier molecular flexibility index (Phi) is 5.93. The van der Waals surface area contributed by atoms with Crippen molar-refractivity contribution in [3.63, 3.8) is 0 Å². The van der Waals surface area contributed by atoms with Crippen LogP contribution in [0.3, 0.4) is 0 Å². The lowest BCUT2D eigenvalue weighted by molar-refractivity contribution is -0.830. The molecule has 0 saturated carbocycles. The molecule has 1 aliphatic heterocycles. The number of nitrogens with two attached hydrogens (primary N) is 1. The SMILES string of the molecule is CO/[N+](=C1/CC=CC=C1OC(=O)N1CCCC1)c1cc(C)c(C)cc1[NH2+]O. The second-order valence-corrected chi connectivity index (χ2v) is 6.77. The molecule has 2 aliphatic rings. The summed E-state index contributed by atoms with van der Waals surface area (Å²) in [7, 11) is 1.56. The summed E-state index contributed by atoms with van der Waals surface area (Å²) in [6, 6.07) is 3.85. The van der Waals surface area contributed by atoms with E-state index in [0.717, 1.165) is 42.5 Å². The molecule has 1 heterocycles. The predicted molar refractivity (Wildman–Crippen MR) is 100 cm³/mol. The molecule has 1 aromatic rings. The number of hydrogen-bond donors (Lipinski definition) is 2. The van der Waals surface area contributed by atoms with Crippen molar-refractivity contribution in [2.75, 3.05) is 20.2 Å². The highest BCUT2D eigenvalue weighted by Gasteiger charge is 2.32. The topological polar surface area (TPSA) is 78.6 Å². The largest absolute Gasteiger partial charge is 0.415 e. The van der Waals surface area contributed by atoms with Crippen molar-refractivity contribution in [2.45, 2.75) is 33.1 Å². The number of aryl methyl sites for hydroxylation is 2. The Morgan fingerprint density at radius 1 is 1.22 bits per heavy atom. The Morgan fingerprint density at radius 2 is 1.93 bits per heavy atom. The average Bonchev–Trinajstić information content (AvgIpc) is 3.21. The van der Waals surface area contributed by atoms with E-state index in [2.05, 4.69) is 0 Å². The van der Waals surface area contributed by atoms with Crippen LogP contribution in [0.4, 0.5) is 16.2 Å². The standard InChI is InChI=1S/C20H26N3O4/c1-14-12-16(21-25)18(13-15(14)2)23(26-3)17-8-4-5-9-19(17)27-20(24)22-10-6-7-11-22/h4-5,9,12-13,21,25H,6-8,10-11H2,1-3H3/q+1/p+1/b23-17-. The lowest BCUT2D eigenvalue weighted by atomic mass is 10.1. The van der Waals surface area contributed by atoms with E-state index in [0.29, 0.717) is 29.3 Å². The summed E-state index contributed by atoms with van der Waals surface area (Å²) in [4.78, 5) is 19.8. The first-order valence-electron chi connectivity index (χ1n) is 9.18. The van der Waals surface area contributed by atoms with Gasteiger partial charge in [0.25, 0.3) is 5.71 Å². The first-order chi connectivity index (χ1) is 13.0. The molecule has 0 radical (unpaired) electrons. The van der Waals surface area contributed by atoms with Gasteiger partial charge < -0.3 is 9.64 Å². The molecule has 7 nitrogen and oxygen atoms in total. The Balaban J connectivity index is 1.99. The molecule has 0 unspecified atom stereocenters. The summed E-state index contributed by atoms with van der Waals surface area (Å²) in [5.41, 5.74) is 5.24. The number of ether oxygens (including phenoxy) is 1. The minimum absolute atomic E-state index is 0.336. The minimum atomic E-state index is -0.336. The number of allylic oxidation sites excluding steroid dienone is 4. The fourth-order valence-corrected chi connectivity index (χ4v) is 3.32. The average molecular weight is 373 g/mol. The summed E-state index contributed by atoms with van der Waals surface area (Å²) in [6.07, 6.45) is 7.82. The van der Waals surface area contributed by atoms with Gasteiger partial charge in [-0.05, 0) is 43.9 Å². The first kappa shape index (κ1) is 19.1. The van der Waals surface area contributed by atoms with Crippen LogP contribution in [-0.2, 0) is 9.57 Å². The molecule has 3 rings (SSSR count). The summed E-state index contributed by atoms with van der Waals surface area (Å²) >= 11 is 0. The van der Waals surface area contributed by atoms with Gasteiger partial charge in [0.15, 0.2) is 0 Å². The third kappa shape index (κ3) is 4.04. The number of nitrogens with zero attached hydrogens (tertiary/aromatic N) is 2. The maximum absolute atomic E-state index is 12.4. The van der Waals surface area contributed by atoms with Crippen LogP contribution in [-0.4, -0.2) is 46.9 Å². The van der Waals surface area contributed by atoms with Crippen LogP contribution in [0.1, 0.15) is 30.4 Å². The van der Waals surface area contributed by atoms with Crippen LogP contribution in [0.15, 0.2) is 36.1 Å². The predicted octanol–water partition coefficient (Wildman–Crippen LogP) is 2.61. The van der Waals surface area contributed by atoms with Gasteiger partial charge in [0.05, 0.1) is 6.42 Å². The maximum atomic E-state index is 12.4. The lowest BCUT2D eigenvalue weighted by Crippen LogP contribution is -2.74. The number of hydrogen-bond acceptors (Lipinski definition) is 4. The highest BCUT2D eigenvalue weighted by Crippen LogP contribution is 2.27. The summed E-state index contributed by atoms with van der Waals surface area (Å²) in [5.74, 6) is 0.457. The lowest BCUT2D eigenvalue weighted by Gasteiger charge is -2.17. The maximum Gasteiger partial charge on any atom is 0.415 e. The van der Waals surface area contributed by atoms with Gasteiger partial charge >= 0.3 is 11.8 Å². The number of likely N-dealkylation sites (tertiary alicyclic amines) is 1. The zero-order valence-electron chi connectivity index (χ0n) is 16.1. The van der Waals surface area contributed by atoms with Gasteiger partial charge in [0.2, 0.25) is 11.4 Å². The van der Waals surface area contributed by atoms with Crippen molar-refractivity contribution in [3.05, 3.63) is 47.2 Å². The molecule has 0 atom stereocenters. The number of carbonyl (C=O) groups excluding carboxylic acids is 1. The van der Waals surface area contributed by atoms with E-state index < -0.39 is 0 Å². The van der Waals surface area contributed by atoms with Crippen molar-refractivity contribution in [2.24, 2.45) is 0 Å². The molecule has 0 spiro atoms. The van der Waals surface area contributed by atoms with Gasteiger partial charge in [-0.3, -0.25) is 4.84 Å². The summed E-state index contributed by atoms with van der Waals surface area (Å²) < 4.78 is 7.30. The molecule has 1 aromatic carbocycles. The second-order valence-electron chi connectivity index (χ2n) is 6.77. The molecule has 144 valence electrons. The molecule has 0 aromatic heterocycles. The van der Waals surface area contributed by atoms with Gasteiger partial charge in [-0.2, -0.15) is 5.48 Å². The minimum Gasteiger partial charge on any atom is -0.403 e. The van der Waals surface area contributed by atoms with E-state index in [-0.39, 0.29) is 6.09 Å². The van der Waals surface area contributed by atoms with Gasteiger partial charge in [-0.1, -0.05) is 12.2 Å². The van der Waals surface area contributed by atoms with Crippen LogP contribution in [0.5, 0.6) is 0 Å². The fraction of sp³-hybridized carbons (Fsp3) is 0.400. The number of rotatable bonds is 4. The van der Waals surface area contributed by atoms with Gasteiger partial charge in [-0.25, -0.2) is 10.0 Å². The molecular formula is C20H27N3O4+2. The number of benzene rings is 1. The molecule has 0 bridgehead atoms. The Labute approximate surface area is 159 Å². The Morgan fingerprint density at radius 3 is 2.59 bits per heavy atom. The van der Waals surface area contributed by atoms with Crippen LogP contribution in [0.2, 0.25) is 0 Å². The summed E-state index contributed by atoms with van der Waals surface area (Å²) in [6.45, 7) is 5.45. The zero-order chi connectivity index (χ0) is 19.4. The molecule has 1 fully saturated rings. The third-order valence-electron chi connectivity index (χ3n) is 4.97. The molecule has 1 amide bonds. The monoisotopic (exact) mass is 373 g/mol. The normalized spacial score (nSPS) is 18.4. The molecule has 1 saturated heterocycles. The van der Waals surface area contributed by atoms with Crippen LogP contribution < -0.4 is 5.48 Å². The van der Waals surface area contributed by atoms with E-state index in [1.54, 1.807) is 22.8 Å². The van der Waals surface area contributed by atoms with E-state index in [1.165, 1.54) is 0 Å². The van der Waals surface area contributed by atoms with Gasteiger partial charge in [-0.15, -0.1) is 0 Å². The molecule has 1 aliphatic carbocycles. The summed E-state index contributed by atoms with van der Waals surface area (Å²) in [5, 5.41) is 9.69. The third-order valence-corrected chi connectivity index (χ3v) is 4.97. The van der Waals surface area contributed by atoms with E-state index in [1.807, 2.05) is 38.1 Å². The molecule has 7 heteroatoms. The van der Waals surface area contributed by atoms with E-state index in [9.17, 15) is 10.0 Å². The molecular weight excluding hydrogens is 346 g/mol. The van der Waals surface area contributed by atoms with Crippen LogP contribution in [0, 0.1) is 13.8 Å². The molecule has 3 N–H and O–H groups in total.